The van der Waals surface area contributed by atoms with E-state index in [4.69, 9.17) is 0 Å². The fourth-order valence-electron chi connectivity index (χ4n) is 2.97. The van der Waals surface area contributed by atoms with Gasteiger partial charge in [0.15, 0.2) is 0 Å². The Morgan fingerprint density at radius 1 is 1.47 bits per heavy atom. The molecule has 0 spiro atoms. The molecule has 2 N–H and O–H groups in total. The lowest BCUT2D eigenvalue weighted by Gasteiger charge is -2.47. The summed E-state index contributed by atoms with van der Waals surface area (Å²) in [4.78, 5) is 14.4. The van der Waals surface area contributed by atoms with Crippen molar-refractivity contribution >= 4 is 5.91 Å². The molecule has 4 nitrogen and oxygen atoms in total. The van der Waals surface area contributed by atoms with E-state index < -0.39 is 0 Å². The van der Waals surface area contributed by atoms with Gasteiger partial charge in [0.2, 0.25) is 5.91 Å². The minimum absolute atomic E-state index is 0.161. The first-order chi connectivity index (χ1) is 8.05. The van der Waals surface area contributed by atoms with Crippen molar-refractivity contribution in [1.82, 2.24) is 15.5 Å². The van der Waals surface area contributed by atoms with Crippen LogP contribution in [0.5, 0.6) is 0 Å². The second-order valence-corrected chi connectivity index (χ2v) is 5.83. The van der Waals surface area contributed by atoms with Crippen molar-refractivity contribution in [3.8, 4) is 0 Å². The van der Waals surface area contributed by atoms with Crippen LogP contribution in [0.15, 0.2) is 0 Å². The summed E-state index contributed by atoms with van der Waals surface area (Å²) in [6, 6.07) is 0.326. The molecule has 1 amide bonds. The van der Waals surface area contributed by atoms with E-state index in [0.29, 0.717) is 6.04 Å². The monoisotopic (exact) mass is 239 g/mol. The summed E-state index contributed by atoms with van der Waals surface area (Å²) in [6.07, 6.45) is 4.68. The number of carbonyl (C=O) groups is 1. The number of amides is 1. The number of nitrogens with one attached hydrogen (secondary N) is 2. The van der Waals surface area contributed by atoms with Crippen molar-refractivity contribution < 1.29 is 4.79 Å². The van der Waals surface area contributed by atoms with Crippen LogP contribution in [-0.2, 0) is 4.79 Å². The average molecular weight is 239 g/mol. The Balaban J connectivity index is 1.83. The predicted molar refractivity (Wildman–Crippen MR) is 68.9 cm³/mol. The maximum absolute atomic E-state index is 12.1. The minimum atomic E-state index is 0.161. The molecule has 2 aliphatic rings. The zero-order valence-corrected chi connectivity index (χ0v) is 11.3. The number of nitrogens with zero attached hydrogens (tertiary/aromatic N) is 1. The number of rotatable bonds is 4. The molecule has 0 aromatic rings. The highest BCUT2D eigenvalue weighted by Gasteiger charge is 2.40. The van der Waals surface area contributed by atoms with Crippen molar-refractivity contribution in [2.45, 2.75) is 44.2 Å². The second kappa shape index (κ2) is 4.94. The Morgan fingerprint density at radius 3 is 2.59 bits per heavy atom. The van der Waals surface area contributed by atoms with Crippen LogP contribution in [0.3, 0.4) is 0 Å². The smallest absolute Gasteiger partial charge is 0.224 e. The predicted octanol–water partition coefficient (Wildman–Crippen LogP) is 0.585. The molecule has 1 saturated heterocycles. The van der Waals surface area contributed by atoms with Crippen molar-refractivity contribution in [1.29, 1.82) is 0 Å². The second-order valence-electron chi connectivity index (χ2n) is 5.83. The SMILES string of the molecule is CC1NCCC1C(=O)NCC1(N(C)C)CCC1. The molecule has 2 atom stereocenters. The maximum Gasteiger partial charge on any atom is 0.224 e. The van der Waals surface area contributed by atoms with Gasteiger partial charge in [-0.3, -0.25) is 4.79 Å². The maximum atomic E-state index is 12.1. The molecule has 1 heterocycles. The molecular formula is C13H25N3O. The fraction of sp³-hybridized carbons (Fsp3) is 0.923. The van der Waals surface area contributed by atoms with Crippen LogP contribution in [0, 0.1) is 5.92 Å². The van der Waals surface area contributed by atoms with Crippen LogP contribution in [0.25, 0.3) is 0 Å². The molecule has 0 radical (unpaired) electrons. The Labute approximate surface area is 104 Å². The van der Waals surface area contributed by atoms with E-state index in [1.807, 2.05) is 0 Å². The van der Waals surface area contributed by atoms with E-state index in [2.05, 4.69) is 36.6 Å². The first-order valence-corrected chi connectivity index (χ1v) is 6.74. The van der Waals surface area contributed by atoms with Crippen molar-refractivity contribution in [3.05, 3.63) is 0 Å². The van der Waals surface area contributed by atoms with E-state index in [0.717, 1.165) is 19.5 Å². The molecule has 0 aromatic carbocycles. The lowest BCUT2D eigenvalue weighted by molar-refractivity contribution is -0.126. The molecule has 17 heavy (non-hydrogen) atoms. The van der Waals surface area contributed by atoms with Crippen molar-refractivity contribution in [2.75, 3.05) is 27.2 Å². The molecule has 0 aromatic heterocycles. The summed E-state index contributed by atoms with van der Waals surface area (Å²) in [5.74, 6) is 0.393. The first-order valence-electron chi connectivity index (χ1n) is 6.74. The van der Waals surface area contributed by atoms with Gasteiger partial charge >= 0.3 is 0 Å². The Kier molecular flexibility index (Phi) is 3.73. The van der Waals surface area contributed by atoms with E-state index in [1.165, 1.54) is 19.3 Å². The van der Waals surface area contributed by atoms with Crippen molar-refractivity contribution in [3.63, 3.8) is 0 Å². The normalized spacial score (nSPS) is 31.3. The Morgan fingerprint density at radius 2 is 2.18 bits per heavy atom. The molecule has 98 valence electrons. The van der Waals surface area contributed by atoms with Gasteiger partial charge in [0.05, 0.1) is 5.92 Å². The van der Waals surface area contributed by atoms with Gasteiger partial charge in [-0.1, -0.05) is 0 Å². The first kappa shape index (κ1) is 12.8. The zero-order chi connectivity index (χ0) is 12.5. The van der Waals surface area contributed by atoms with Gasteiger partial charge in [-0.25, -0.2) is 0 Å². The Bertz CT molecular complexity index is 286. The quantitative estimate of drug-likeness (QED) is 0.754. The molecular weight excluding hydrogens is 214 g/mol. The molecule has 1 aliphatic heterocycles. The van der Waals surface area contributed by atoms with Crippen LogP contribution in [0.2, 0.25) is 0 Å². The molecule has 4 heteroatoms. The van der Waals surface area contributed by atoms with Crippen LogP contribution in [0.4, 0.5) is 0 Å². The van der Waals surface area contributed by atoms with E-state index in [1.54, 1.807) is 0 Å². The minimum Gasteiger partial charge on any atom is -0.354 e. The van der Waals surface area contributed by atoms with Gasteiger partial charge in [-0.2, -0.15) is 0 Å². The summed E-state index contributed by atoms with van der Waals surface area (Å²) in [5.41, 5.74) is 0.227. The lowest BCUT2D eigenvalue weighted by atomic mass is 9.75. The highest BCUT2D eigenvalue weighted by atomic mass is 16.1. The number of hydrogen-bond donors (Lipinski definition) is 2. The zero-order valence-electron chi connectivity index (χ0n) is 11.3. The summed E-state index contributed by atoms with van der Waals surface area (Å²) >= 11 is 0. The standard InChI is InChI=1S/C13H25N3O/c1-10-11(5-8-14-10)12(17)15-9-13(16(2)3)6-4-7-13/h10-11,14H,4-9H2,1-3H3,(H,15,17). The third kappa shape index (κ3) is 2.47. The average Bonchev–Trinajstić information content (AvgIpc) is 2.62. The van der Waals surface area contributed by atoms with Crippen LogP contribution < -0.4 is 10.6 Å². The molecule has 0 bridgehead atoms. The van der Waals surface area contributed by atoms with E-state index in [-0.39, 0.29) is 17.4 Å². The number of carbonyl (C=O) groups excluding carboxylic acids is 1. The van der Waals surface area contributed by atoms with Crippen LogP contribution >= 0.6 is 0 Å². The summed E-state index contributed by atoms with van der Waals surface area (Å²) < 4.78 is 0. The van der Waals surface area contributed by atoms with Gasteiger partial charge < -0.3 is 15.5 Å². The van der Waals surface area contributed by atoms with Gasteiger partial charge in [-0.05, 0) is 53.2 Å². The number of hydrogen-bond acceptors (Lipinski definition) is 3. The van der Waals surface area contributed by atoms with Crippen molar-refractivity contribution in [2.24, 2.45) is 5.92 Å². The highest BCUT2D eigenvalue weighted by Crippen LogP contribution is 2.35. The third-order valence-electron chi connectivity index (χ3n) is 4.69. The summed E-state index contributed by atoms with van der Waals surface area (Å²) in [5, 5.41) is 6.49. The van der Waals surface area contributed by atoms with Gasteiger partial charge in [0.25, 0.3) is 0 Å². The summed E-state index contributed by atoms with van der Waals surface area (Å²) in [6.45, 7) is 3.88. The number of likely N-dealkylation sites (N-methyl/N-ethyl adjacent to an activating group) is 1. The molecule has 1 aliphatic carbocycles. The van der Waals surface area contributed by atoms with E-state index >= 15 is 0 Å². The van der Waals surface area contributed by atoms with Crippen LogP contribution in [-0.4, -0.2) is 49.6 Å². The van der Waals surface area contributed by atoms with Gasteiger partial charge in [0.1, 0.15) is 0 Å². The topological polar surface area (TPSA) is 44.4 Å². The largest absolute Gasteiger partial charge is 0.354 e. The lowest BCUT2D eigenvalue weighted by Crippen LogP contribution is -2.58. The third-order valence-corrected chi connectivity index (χ3v) is 4.69. The van der Waals surface area contributed by atoms with E-state index in [9.17, 15) is 4.79 Å². The molecule has 2 unspecified atom stereocenters. The van der Waals surface area contributed by atoms with Gasteiger partial charge in [0, 0.05) is 18.1 Å². The molecule has 1 saturated carbocycles. The molecule has 2 rings (SSSR count). The van der Waals surface area contributed by atoms with Gasteiger partial charge in [-0.15, -0.1) is 0 Å². The summed E-state index contributed by atoms with van der Waals surface area (Å²) in [7, 11) is 4.23. The van der Waals surface area contributed by atoms with Crippen LogP contribution in [0.1, 0.15) is 32.6 Å². The fourth-order valence-corrected chi connectivity index (χ4v) is 2.97. The Hall–Kier alpha value is -0.610. The molecule has 2 fully saturated rings. The highest BCUT2D eigenvalue weighted by molar-refractivity contribution is 5.79.